The molecule has 0 bridgehead atoms. The van der Waals surface area contributed by atoms with Crippen molar-refractivity contribution in [3.63, 3.8) is 0 Å². The molecule has 0 radical (unpaired) electrons. The summed E-state index contributed by atoms with van der Waals surface area (Å²) in [7, 11) is 0. The summed E-state index contributed by atoms with van der Waals surface area (Å²) in [5.74, 6) is 1.82. The molecule has 3 aromatic heterocycles. The molecule has 0 spiro atoms. The smallest absolute Gasteiger partial charge is 0.167 e. The highest BCUT2D eigenvalue weighted by atomic mass is 16.6. The molecule has 11 heteroatoms. The van der Waals surface area contributed by atoms with E-state index in [-0.39, 0.29) is 22.8 Å². The molecule has 41 heavy (non-hydrogen) atoms. The number of aromatic nitrogens is 6. The Kier molecular flexibility index (Phi) is 7.04. The Balaban J connectivity index is 1.11. The van der Waals surface area contributed by atoms with E-state index in [0.29, 0.717) is 23.5 Å². The number of aliphatic hydroxyl groups is 2. The summed E-state index contributed by atoms with van der Waals surface area (Å²) in [5, 5.41) is 25.7. The fraction of sp³-hybridized carbons (Fsp3) is 0.600. The fourth-order valence-corrected chi connectivity index (χ4v) is 6.76. The van der Waals surface area contributed by atoms with Crippen molar-refractivity contribution >= 4 is 28.0 Å². The predicted octanol–water partition coefficient (Wildman–Crippen LogP) is 3.37. The van der Waals surface area contributed by atoms with Crippen molar-refractivity contribution in [2.24, 2.45) is 5.92 Å². The first-order valence-electron chi connectivity index (χ1n) is 14.6. The zero-order valence-electron chi connectivity index (χ0n) is 24.5. The van der Waals surface area contributed by atoms with Crippen molar-refractivity contribution in [2.45, 2.75) is 108 Å². The number of H-pyrrole nitrogens is 1. The fourth-order valence-electron chi connectivity index (χ4n) is 6.76. The highest BCUT2D eigenvalue weighted by Crippen LogP contribution is 2.46. The van der Waals surface area contributed by atoms with Gasteiger partial charge >= 0.3 is 0 Å². The number of rotatable bonds is 8. The van der Waals surface area contributed by atoms with Crippen LogP contribution in [0, 0.1) is 5.92 Å². The van der Waals surface area contributed by atoms with Crippen LogP contribution < -0.4 is 11.1 Å². The molecule has 0 amide bonds. The molecule has 2 aliphatic rings. The lowest BCUT2D eigenvalue weighted by molar-refractivity contribution is -0.0601. The molecular weight excluding hydrogens is 520 g/mol. The highest BCUT2D eigenvalue weighted by molar-refractivity contribution is 5.81. The van der Waals surface area contributed by atoms with Crippen molar-refractivity contribution in [1.29, 1.82) is 0 Å². The summed E-state index contributed by atoms with van der Waals surface area (Å²) in [6.07, 6.45) is 3.87. The van der Waals surface area contributed by atoms with Crippen LogP contribution in [0.3, 0.4) is 0 Å². The van der Waals surface area contributed by atoms with Gasteiger partial charge in [0, 0.05) is 18.0 Å². The van der Waals surface area contributed by atoms with Gasteiger partial charge in [-0.1, -0.05) is 40.7 Å². The number of aryl methyl sites for hydroxylation is 1. The molecule has 4 aromatic rings. The summed E-state index contributed by atoms with van der Waals surface area (Å²) in [6, 6.07) is 6.78. The van der Waals surface area contributed by atoms with Crippen LogP contribution in [0.25, 0.3) is 22.2 Å². The van der Waals surface area contributed by atoms with Crippen LogP contribution in [0.4, 0.5) is 5.82 Å². The van der Waals surface area contributed by atoms with Crippen LogP contribution in [0.1, 0.15) is 77.9 Å². The number of nitrogens with one attached hydrogen (secondary N) is 2. The second-order valence-corrected chi connectivity index (χ2v) is 13.4. The Morgan fingerprint density at radius 3 is 2.68 bits per heavy atom. The van der Waals surface area contributed by atoms with E-state index in [1.165, 1.54) is 18.2 Å². The monoisotopic (exact) mass is 562 g/mol. The second-order valence-electron chi connectivity index (χ2n) is 13.4. The number of nitrogens with two attached hydrogens (primary N) is 1. The number of benzene rings is 1. The third-order valence-corrected chi connectivity index (χ3v) is 8.73. The van der Waals surface area contributed by atoms with E-state index in [2.05, 4.69) is 78.1 Å². The maximum absolute atomic E-state index is 11.0. The van der Waals surface area contributed by atoms with Gasteiger partial charge in [0.05, 0.1) is 23.5 Å². The summed E-state index contributed by atoms with van der Waals surface area (Å²) in [5.41, 5.74) is 10.2. The van der Waals surface area contributed by atoms with Gasteiger partial charge in [0.25, 0.3) is 0 Å². The number of nitrogen functional groups attached to an aromatic ring is 1. The standard InChI is InChI=1S/C30H42N8O3/c1-16(2)37-30(11-17(12-30)6-9-22-35-19-8-7-18(29(3,4)5)10-20(19)36-22)13-21-24(39)25(40)28(41-21)38-15-34-23-26(31)32-14-33-27(23)38/h7-8,10,14-17,21,24-25,28,37,39-40H,6,9,11-13H2,1-5H3,(H,35,36)(H2,31,32,33)/t17?,21-,24-,25-,28-,30?/m1/s1. The molecule has 6 rings (SSSR count). The minimum Gasteiger partial charge on any atom is -0.388 e. The van der Waals surface area contributed by atoms with E-state index in [1.54, 1.807) is 4.57 Å². The normalized spacial score (nSPS) is 28.6. The van der Waals surface area contributed by atoms with Gasteiger partial charge in [-0.15, -0.1) is 0 Å². The first-order valence-corrected chi connectivity index (χ1v) is 14.6. The van der Waals surface area contributed by atoms with E-state index in [9.17, 15) is 10.2 Å². The molecule has 1 aromatic carbocycles. The van der Waals surface area contributed by atoms with E-state index in [0.717, 1.165) is 42.5 Å². The van der Waals surface area contributed by atoms with Gasteiger partial charge in [0.2, 0.25) is 0 Å². The van der Waals surface area contributed by atoms with Crippen molar-refractivity contribution < 1.29 is 14.9 Å². The summed E-state index contributed by atoms with van der Waals surface area (Å²) >= 11 is 0. The lowest BCUT2D eigenvalue weighted by Gasteiger charge is -2.51. The average Bonchev–Trinajstić information content (AvgIpc) is 3.57. The summed E-state index contributed by atoms with van der Waals surface area (Å²) in [4.78, 5) is 20.9. The Bertz CT molecular complexity index is 1530. The molecule has 1 saturated carbocycles. The molecule has 220 valence electrons. The number of ether oxygens (including phenoxy) is 1. The Morgan fingerprint density at radius 2 is 1.95 bits per heavy atom. The summed E-state index contributed by atoms with van der Waals surface area (Å²) in [6.45, 7) is 10.9. The van der Waals surface area contributed by atoms with Crippen LogP contribution in [-0.2, 0) is 16.6 Å². The Hall–Kier alpha value is -3.12. The van der Waals surface area contributed by atoms with Gasteiger partial charge < -0.3 is 31.0 Å². The highest BCUT2D eigenvalue weighted by Gasteiger charge is 2.51. The van der Waals surface area contributed by atoms with Crippen LogP contribution in [0.2, 0.25) is 0 Å². The van der Waals surface area contributed by atoms with Crippen LogP contribution in [0.15, 0.2) is 30.9 Å². The minimum atomic E-state index is -1.12. The SMILES string of the molecule is CC(C)NC1(C[C@H]2O[C@@H](n3cnc4c(N)ncnc43)[C@H](O)[C@@H]2O)CC(CCc2nc3ccc(C(C)(C)C)cc3[nH]2)C1. The van der Waals surface area contributed by atoms with Gasteiger partial charge in [-0.25, -0.2) is 19.9 Å². The van der Waals surface area contributed by atoms with Crippen LogP contribution in [-0.4, -0.2) is 69.6 Å². The first kappa shape index (κ1) is 28.0. The van der Waals surface area contributed by atoms with Crippen molar-refractivity contribution in [3.8, 4) is 0 Å². The molecule has 2 fully saturated rings. The molecule has 11 nitrogen and oxygen atoms in total. The lowest BCUT2D eigenvalue weighted by Crippen LogP contribution is -2.59. The topological polar surface area (TPSA) is 160 Å². The zero-order chi connectivity index (χ0) is 29.1. The maximum atomic E-state index is 11.0. The molecular formula is C30H42N8O3. The van der Waals surface area contributed by atoms with Crippen molar-refractivity contribution in [2.75, 3.05) is 5.73 Å². The van der Waals surface area contributed by atoms with Crippen LogP contribution in [0.5, 0.6) is 0 Å². The third kappa shape index (κ3) is 5.31. The number of fused-ring (bicyclic) bond motifs is 2. The number of hydrogen-bond donors (Lipinski definition) is 5. The van der Waals surface area contributed by atoms with E-state index in [4.69, 9.17) is 15.5 Å². The number of aliphatic hydroxyl groups excluding tert-OH is 2. The summed E-state index contributed by atoms with van der Waals surface area (Å²) < 4.78 is 7.92. The van der Waals surface area contributed by atoms with Gasteiger partial charge in [-0.05, 0) is 54.7 Å². The number of anilines is 1. The molecule has 1 aliphatic carbocycles. The number of aromatic amines is 1. The largest absolute Gasteiger partial charge is 0.388 e. The minimum absolute atomic E-state index is 0.0970. The van der Waals surface area contributed by atoms with E-state index >= 15 is 0 Å². The van der Waals surface area contributed by atoms with E-state index < -0.39 is 24.5 Å². The molecule has 0 unspecified atom stereocenters. The molecule has 1 saturated heterocycles. The third-order valence-electron chi connectivity index (χ3n) is 8.73. The van der Waals surface area contributed by atoms with Crippen LogP contribution >= 0.6 is 0 Å². The van der Waals surface area contributed by atoms with Gasteiger partial charge in [0.15, 0.2) is 17.7 Å². The Morgan fingerprint density at radius 1 is 1.17 bits per heavy atom. The van der Waals surface area contributed by atoms with Crippen molar-refractivity contribution in [1.82, 2.24) is 34.8 Å². The molecule has 6 N–H and O–H groups in total. The van der Waals surface area contributed by atoms with Gasteiger partial charge in [0.1, 0.15) is 29.9 Å². The quantitative estimate of drug-likeness (QED) is 0.217. The molecule has 4 atom stereocenters. The second kappa shape index (κ2) is 10.3. The molecule has 4 heterocycles. The van der Waals surface area contributed by atoms with Crippen molar-refractivity contribution in [3.05, 3.63) is 42.2 Å². The van der Waals surface area contributed by atoms with Gasteiger partial charge in [-0.2, -0.15) is 0 Å². The lowest BCUT2D eigenvalue weighted by atomic mass is 9.63. The van der Waals surface area contributed by atoms with E-state index in [1.807, 2.05) is 0 Å². The number of imidazole rings is 2. The Labute approximate surface area is 240 Å². The maximum Gasteiger partial charge on any atom is 0.167 e. The zero-order valence-corrected chi connectivity index (χ0v) is 24.5. The number of hydrogen-bond acceptors (Lipinski definition) is 9. The first-order chi connectivity index (χ1) is 19.4. The average molecular weight is 563 g/mol. The number of nitrogens with zero attached hydrogens (tertiary/aromatic N) is 5. The molecule has 1 aliphatic heterocycles. The van der Waals surface area contributed by atoms with Gasteiger partial charge in [-0.3, -0.25) is 4.57 Å². The predicted molar refractivity (Wildman–Crippen MR) is 157 cm³/mol.